The van der Waals surface area contributed by atoms with Crippen LogP contribution >= 0.6 is 0 Å². The zero-order valence-electron chi connectivity index (χ0n) is 11.2. The SMILES string of the molecule is CC(=O)CCNc1cc(NC2CCOCC2)ncn1. The van der Waals surface area contributed by atoms with E-state index in [0.29, 0.717) is 19.0 Å². The van der Waals surface area contributed by atoms with Gasteiger partial charge >= 0.3 is 0 Å². The van der Waals surface area contributed by atoms with E-state index in [9.17, 15) is 4.79 Å². The maximum absolute atomic E-state index is 10.9. The van der Waals surface area contributed by atoms with Crippen LogP contribution in [0.4, 0.5) is 11.6 Å². The molecule has 2 N–H and O–H groups in total. The van der Waals surface area contributed by atoms with Crippen LogP contribution in [-0.4, -0.2) is 41.6 Å². The van der Waals surface area contributed by atoms with Gasteiger partial charge in [-0.2, -0.15) is 0 Å². The van der Waals surface area contributed by atoms with Crippen molar-refractivity contribution in [1.29, 1.82) is 0 Å². The zero-order chi connectivity index (χ0) is 13.5. The van der Waals surface area contributed by atoms with Gasteiger partial charge in [-0.05, 0) is 19.8 Å². The van der Waals surface area contributed by atoms with Gasteiger partial charge in [0.1, 0.15) is 23.7 Å². The molecule has 0 aromatic carbocycles. The molecular formula is C13H20N4O2. The highest BCUT2D eigenvalue weighted by Gasteiger charge is 2.13. The number of carbonyl (C=O) groups is 1. The van der Waals surface area contributed by atoms with Crippen molar-refractivity contribution < 1.29 is 9.53 Å². The molecule has 0 radical (unpaired) electrons. The second-order valence-corrected chi connectivity index (χ2v) is 4.70. The van der Waals surface area contributed by atoms with E-state index in [1.165, 1.54) is 6.33 Å². The highest BCUT2D eigenvalue weighted by atomic mass is 16.5. The van der Waals surface area contributed by atoms with Crippen LogP contribution in [0.5, 0.6) is 0 Å². The van der Waals surface area contributed by atoms with Gasteiger partial charge in [-0.15, -0.1) is 0 Å². The molecule has 6 heteroatoms. The van der Waals surface area contributed by atoms with Gasteiger partial charge < -0.3 is 15.4 Å². The molecule has 0 spiro atoms. The number of rotatable bonds is 6. The van der Waals surface area contributed by atoms with E-state index in [4.69, 9.17) is 4.74 Å². The lowest BCUT2D eigenvalue weighted by molar-refractivity contribution is -0.116. The number of nitrogens with one attached hydrogen (secondary N) is 2. The Morgan fingerprint density at radius 1 is 1.37 bits per heavy atom. The molecule has 104 valence electrons. The Hall–Kier alpha value is -1.69. The molecule has 0 unspecified atom stereocenters. The minimum Gasteiger partial charge on any atom is -0.381 e. The second-order valence-electron chi connectivity index (χ2n) is 4.70. The fourth-order valence-corrected chi connectivity index (χ4v) is 1.95. The highest BCUT2D eigenvalue weighted by Crippen LogP contribution is 2.14. The summed E-state index contributed by atoms with van der Waals surface area (Å²) >= 11 is 0. The Balaban J connectivity index is 1.85. The first-order valence-corrected chi connectivity index (χ1v) is 6.63. The van der Waals surface area contributed by atoms with Crippen molar-refractivity contribution in [2.75, 3.05) is 30.4 Å². The van der Waals surface area contributed by atoms with E-state index < -0.39 is 0 Å². The van der Waals surface area contributed by atoms with E-state index in [2.05, 4.69) is 20.6 Å². The molecule has 1 fully saturated rings. The largest absolute Gasteiger partial charge is 0.381 e. The molecule has 1 saturated heterocycles. The summed E-state index contributed by atoms with van der Waals surface area (Å²) in [6.07, 6.45) is 4.03. The van der Waals surface area contributed by atoms with Crippen molar-refractivity contribution in [2.24, 2.45) is 0 Å². The lowest BCUT2D eigenvalue weighted by Crippen LogP contribution is -2.28. The van der Waals surface area contributed by atoms with Gasteiger partial charge in [-0.3, -0.25) is 4.79 Å². The zero-order valence-corrected chi connectivity index (χ0v) is 11.2. The first-order valence-electron chi connectivity index (χ1n) is 6.63. The van der Waals surface area contributed by atoms with Gasteiger partial charge in [0, 0.05) is 38.3 Å². The van der Waals surface area contributed by atoms with Crippen LogP contribution in [0, 0.1) is 0 Å². The van der Waals surface area contributed by atoms with Crippen LogP contribution in [0.25, 0.3) is 0 Å². The highest BCUT2D eigenvalue weighted by molar-refractivity contribution is 5.75. The average Bonchev–Trinajstić information content (AvgIpc) is 2.40. The summed E-state index contributed by atoms with van der Waals surface area (Å²) in [5, 5.41) is 6.50. The number of hydrogen-bond donors (Lipinski definition) is 2. The molecule has 0 atom stereocenters. The standard InChI is InChI=1S/C13H20N4O2/c1-10(18)2-5-14-12-8-13(16-9-15-12)17-11-3-6-19-7-4-11/h8-9,11H,2-7H2,1H3,(H2,14,15,16,17). The molecule has 1 aromatic rings. The molecule has 1 aliphatic rings. The summed E-state index contributed by atoms with van der Waals surface area (Å²) in [7, 11) is 0. The van der Waals surface area contributed by atoms with Crippen molar-refractivity contribution >= 4 is 17.4 Å². The fraction of sp³-hybridized carbons (Fsp3) is 0.615. The van der Waals surface area contributed by atoms with Gasteiger partial charge in [0.2, 0.25) is 0 Å². The molecule has 2 rings (SSSR count). The Morgan fingerprint density at radius 3 is 2.84 bits per heavy atom. The van der Waals surface area contributed by atoms with E-state index in [0.717, 1.165) is 37.7 Å². The summed E-state index contributed by atoms with van der Waals surface area (Å²) in [6.45, 7) is 3.78. The Labute approximate surface area is 113 Å². The number of Topliss-reactive ketones (excluding diaryl/α,β-unsaturated/α-hetero) is 1. The topological polar surface area (TPSA) is 76.1 Å². The number of ether oxygens (including phenoxy) is 1. The Bertz CT molecular complexity index is 419. The van der Waals surface area contributed by atoms with Crippen LogP contribution in [-0.2, 0) is 9.53 Å². The van der Waals surface area contributed by atoms with Crippen LogP contribution in [0.3, 0.4) is 0 Å². The molecule has 0 saturated carbocycles. The van der Waals surface area contributed by atoms with Gasteiger partial charge in [-0.25, -0.2) is 9.97 Å². The summed E-state index contributed by atoms with van der Waals surface area (Å²) < 4.78 is 5.32. The van der Waals surface area contributed by atoms with Crippen LogP contribution in [0.2, 0.25) is 0 Å². The molecule has 0 bridgehead atoms. The smallest absolute Gasteiger partial charge is 0.131 e. The normalized spacial score (nSPS) is 16.1. The van der Waals surface area contributed by atoms with E-state index in [1.54, 1.807) is 6.92 Å². The summed E-state index contributed by atoms with van der Waals surface area (Å²) in [5.74, 6) is 1.72. The third-order valence-corrected chi connectivity index (χ3v) is 3.02. The minimum absolute atomic E-state index is 0.169. The molecule has 6 nitrogen and oxygen atoms in total. The Kier molecular flexibility index (Phi) is 5.09. The monoisotopic (exact) mass is 264 g/mol. The predicted molar refractivity (Wildman–Crippen MR) is 73.3 cm³/mol. The summed E-state index contributed by atoms with van der Waals surface area (Å²) in [4.78, 5) is 19.2. The number of hydrogen-bond acceptors (Lipinski definition) is 6. The molecule has 2 heterocycles. The van der Waals surface area contributed by atoms with Crippen LogP contribution < -0.4 is 10.6 Å². The number of ketones is 1. The van der Waals surface area contributed by atoms with Crippen LogP contribution in [0.15, 0.2) is 12.4 Å². The lowest BCUT2D eigenvalue weighted by Gasteiger charge is -2.23. The van der Waals surface area contributed by atoms with Gasteiger partial charge in [0.15, 0.2) is 0 Å². The third kappa shape index (κ3) is 4.82. The maximum Gasteiger partial charge on any atom is 0.131 e. The number of carbonyl (C=O) groups excluding carboxylic acids is 1. The summed E-state index contributed by atoms with van der Waals surface area (Å²) in [6, 6.07) is 2.28. The van der Waals surface area contributed by atoms with Gasteiger partial charge in [0.25, 0.3) is 0 Å². The van der Waals surface area contributed by atoms with E-state index in [1.807, 2.05) is 6.07 Å². The molecule has 0 amide bonds. The summed E-state index contributed by atoms with van der Waals surface area (Å²) in [5.41, 5.74) is 0. The van der Waals surface area contributed by atoms with Crippen molar-refractivity contribution in [3.63, 3.8) is 0 Å². The van der Waals surface area contributed by atoms with E-state index in [-0.39, 0.29) is 5.78 Å². The number of anilines is 2. The fourth-order valence-electron chi connectivity index (χ4n) is 1.95. The van der Waals surface area contributed by atoms with Crippen molar-refractivity contribution in [3.8, 4) is 0 Å². The quantitative estimate of drug-likeness (QED) is 0.810. The lowest BCUT2D eigenvalue weighted by atomic mass is 10.1. The molecule has 0 aliphatic carbocycles. The van der Waals surface area contributed by atoms with Crippen molar-refractivity contribution in [3.05, 3.63) is 12.4 Å². The van der Waals surface area contributed by atoms with Crippen LogP contribution in [0.1, 0.15) is 26.2 Å². The van der Waals surface area contributed by atoms with Gasteiger partial charge in [-0.1, -0.05) is 0 Å². The first-order chi connectivity index (χ1) is 9.24. The number of nitrogens with zero attached hydrogens (tertiary/aromatic N) is 2. The predicted octanol–water partition coefficient (Wildman–Crippen LogP) is 1.46. The van der Waals surface area contributed by atoms with E-state index >= 15 is 0 Å². The molecular weight excluding hydrogens is 244 g/mol. The van der Waals surface area contributed by atoms with Gasteiger partial charge in [0.05, 0.1) is 0 Å². The minimum atomic E-state index is 0.169. The van der Waals surface area contributed by atoms with Crippen molar-refractivity contribution in [2.45, 2.75) is 32.2 Å². The Morgan fingerprint density at radius 2 is 2.11 bits per heavy atom. The average molecular weight is 264 g/mol. The maximum atomic E-state index is 10.9. The third-order valence-electron chi connectivity index (χ3n) is 3.02. The first kappa shape index (κ1) is 13.7. The van der Waals surface area contributed by atoms with Crippen molar-refractivity contribution in [1.82, 2.24) is 9.97 Å². The number of aromatic nitrogens is 2. The molecule has 1 aromatic heterocycles. The molecule has 1 aliphatic heterocycles. The molecule has 19 heavy (non-hydrogen) atoms. The second kappa shape index (κ2) is 7.04.